The predicted molar refractivity (Wildman–Crippen MR) is 79.7 cm³/mol. The van der Waals surface area contributed by atoms with E-state index in [9.17, 15) is 14.9 Å². The highest BCUT2D eigenvalue weighted by molar-refractivity contribution is 7.99. The Hall–Kier alpha value is -2.85. The number of hydrogen-bond acceptors (Lipinski definition) is 6. The Labute approximate surface area is 130 Å². The van der Waals surface area contributed by atoms with Gasteiger partial charge in [-0.2, -0.15) is 5.26 Å². The Kier molecular flexibility index (Phi) is 4.76. The van der Waals surface area contributed by atoms with Gasteiger partial charge >= 0.3 is 5.97 Å². The van der Waals surface area contributed by atoms with Crippen LogP contribution in [-0.4, -0.2) is 18.0 Å². The first-order chi connectivity index (χ1) is 10.5. The Balaban J connectivity index is 2.25. The largest absolute Gasteiger partial charge is 0.465 e. The second-order valence-electron chi connectivity index (χ2n) is 4.17. The summed E-state index contributed by atoms with van der Waals surface area (Å²) in [6, 6.07) is 12.8. The zero-order chi connectivity index (χ0) is 16.1. The molecule has 0 heterocycles. The van der Waals surface area contributed by atoms with E-state index < -0.39 is 10.9 Å². The molecule has 0 spiro atoms. The average Bonchev–Trinajstić information content (AvgIpc) is 2.55. The van der Waals surface area contributed by atoms with Gasteiger partial charge in [-0.25, -0.2) is 4.79 Å². The maximum Gasteiger partial charge on any atom is 0.337 e. The topological polar surface area (TPSA) is 93.2 Å². The molecule has 2 aromatic carbocycles. The summed E-state index contributed by atoms with van der Waals surface area (Å²) in [5.41, 5.74) is 0.536. The van der Waals surface area contributed by atoms with Crippen LogP contribution in [0.3, 0.4) is 0 Å². The van der Waals surface area contributed by atoms with Crippen LogP contribution in [-0.2, 0) is 4.74 Å². The van der Waals surface area contributed by atoms with Gasteiger partial charge in [-0.05, 0) is 30.3 Å². The molecule has 2 aromatic rings. The summed E-state index contributed by atoms with van der Waals surface area (Å²) < 4.78 is 4.61. The van der Waals surface area contributed by atoms with Gasteiger partial charge < -0.3 is 4.74 Å². The van der Waals surface area contributed by atoms with Crippen LogP contribution in [0.4, 0.5) is 5.69 Å². The van der Waals surface area contributed by atoms with Crippen molar-refractivity contribution in [2.24, 2.45) is 0 Å². The summed E-state index contributed by atoms with van der Waals surface area (Å²) in [6.45, 7) is 0. The predicted octanol–water partition coefficient (Wildman–Crippen LogP) is 3.40. The Morgan fingerprint density at radius 1 is 1.27 bits per heavy atom. The third-order valence-electron chi connectivity index (χ3n) is 2.80. The van der Waals surface area contributed by atoms with Crippen molar-refractivity contribution >= 4 is 23.4 Å². The van der Waals surface area contributed by atoms with Crippen LogP contribution in [0.15, 0.2) is 52.3 Å². The molecule has 0 unspecified atom stereocenters. The van der Waals surface area contributed by atoms with Crippen molar-refractivity contribution in [2.75, 3.05) is 7.11 Å². The van der Waals surface area contributed by atoms with E-state index in [4.69, 9.17) is 5.26 Å². The normalized spacial score (nSPS) is 9.82. The number of esters is 1. The molecule has 0 fully saturated rings. The number of benzene rings is 2. The molecule has 2 rings (SSSR count). The number of rotatable bonds is 4. The smallest absolute Gasteiger partial charge is 0.337 e. The molecule has 0 N–H and O–H groups in total. The van der Waals surface area contributed by atoms with E-state index in [1.165, 1.54) is 37.1 Å². The van der Waals surface area contributed by atoms with E-state index in [0.29, 0.717) is 10.5 Å². The number of nitrogens with zero attached hydrogens (tertiary/aromatic N) is 2. The average molecular weight is 314 g/mol. The van der Waals surface area contributed by atoms with Crippen molar-refractivity contribution in [3.63, 3.8) is 0 Å². The van der Waals surface area contributed by atoms with Crippen LogP contribution in [0.25, 0.3) is 0 Å². The van der Waals surface area contributed by atoms with Gasteiger partial charge in [0.15, 0.2) is 0 Å². The van der Waals surface area contributed by atoms with Gasteiger partial charge in [-0.15, -0.1) is 0 Å². The monoisotopic (exact) mass is 314 g/mol. The van der Waals surface area contributed by atoms with E-state index in [2.05, 4.69) is 4.74 Å². The number of carbonyl (C=O) groups is 1. The molecule has 110 valence electrons. The minimum atomic E-state index is -0.541. The number of ether oxygens (including phenoxy) is 1. The van der Waals surface area contributed by atoms with Gasteiger partial charge in [0.25, 0.3) is 5.69 Å². The molecule has 0 aliphatic rings. The summed E-state index contributed by atoms with van der Waals surface area (Å²) in [5, 5.41) is 19.8. The van der Waals surface area contributed by atoms with Crippen molar-refractivity contribution in [3.8, 4) is 6.07 Å². The van der Waals surface area contributed by atoms with E-state index in [1.54, 1.807) is 24.3 Å². The highest BCUT2D eigenvalue weighted by atomic mass is 32.2. The summed E-state index contributed by atoms with van der Waals surface area (Å²) in [6.07, 6.45) is 0. The third-order valence-corrected chi connectivity index (χ3v) is 3.88. The quantitative estimate of drug-likeness (QED) is 0.488. The molecule has 0 radical (unpaired) electrons. The number of nitriles is 1. The van der Waals surface area contributed by atoms with Crippen molar-refractivity contribution < 1.29 is 14.5 Å². The van der Waals surface area contributed by atoms with E-state index >= 15 is 0 Å². The summed E-state index contributed by atoms with van der Waals surface area (Å²) in [4.78, 5) is 22.9. The standard InChI is InChI=1S/C15H10N2O4S/c1-21-15(18)10-2-5-13(6-3-10)22-14-7-4-12(17(19)20)8-11(14)9-16/h2-8H,1H3. The van der Waals surface area contributed by atoms with Crippen LogP contribution in [0.5, 0.6) is 0 Å². The van der Waals surface area contributed by atoms with Crippen molar-refractivity contribution in [3.05, 3.63) is 63.7 Å². The van der Waals surface area contributed by atoms with Gasteiger partial charge in [0, 0.05) is 21.9 Å². The number of carbonyl (C=O) groups excluding carboxylic acids is 1. The molecule has 0 saturated heterocycles. The van der Waals surface area contributed by atoms with Crippen LogP contribution in [0.1, 0.15) is 15.9 Å². The molecule has 0 aliphatic carbocycles. The Morgan fingerprint density at radius 2 is 1.95 bits per heavy atom. The zero-order valence-electron chi connectivity index (χ0n) is 11.5. The fourth-order valence-electron chi connectivity index (χ4n) is 1.71. The van der Waals surface area contributed by atoms with Gasteiger partial charge in [-0.1, -0.05) is 11.8 Å². The van der Waals surface area contributed by atoms with Gasteiger partial charge in [0.2, 0.25) is 0 Å². The van der Waals surface area contributed by atoms with Crippen molar-refractivity contribution in [1.29, 1.82) is 5.26 Å². The molecule has 0 aromatic heterocycles. The van der Waals surface area contributed by atoms with Gasteiger partial charge in [-0.3, -0.25) is 10.1 Å². The zero-order valence-corrected chi connectivity index (χ0v) is 12.3. The first-order valence-electron chi connectivity index (χ1n) is 6.10. The van der Waals surface area contributed by atoms with E-state index in [-0.39, 0.29) is 11.3 Å². The van der Waals surface area contributed by atoms with E-state index in [1.807, 2.05) is 6.07 Å². The molecule has 0 bridgehead atoms. The molecule has 0 atom stereocenters. The van der Waals surface area contributed by atoms with Crippen LogP contribution in [0.2, 0.25) is 0 Å². The maximum absolute atomic E-state index is 11.3. The molecule has 0 saturated carbocycles. The fraction of sp³-hybridized carbons (Fsp3) is 0.0667. The highest BCUT2D eigenvalue weighted by Crippen LogP contribution is 2.32. The fourth-order valence-corrected chi connectivity index (χ4v) is 2.59. The summed E-state index contributed by atoms with van der Waals surface area (Å²) >= 11 is 1.29. The number of methoxy groups -OCH3 is 1. The van der Waals surface area contributed by atoms with Gasteiger partial charge in [0.1, 0.15) is 6.07 Å². The lowest BCUT2D eigenvalue weighted by Crippen LogP contribution is -2.00. The summed E-state index contributed by atoms with van der Waals surface area (Å²) in [5.74, 6) is -0.426. The number of hydrogen-bond donors (Lipinski definition) is 0. The SMILES string of the molecule is COC(=O)c1ccc(Sc2ccc([N+](=O)[O-])cc2C#N)cc1. The molecule has 22 heavy (non-hydrogen) atoms. The van der Waals surface area contributed by atoms with Crippen LogP contribution < -0.4 is 0 Å². The third kappa shape index (κ3) is 3.42. The lowest BCUT2D eigenvalue weighted by atomic mass is 10.2. The molecule has 7 heteroatoms. The second-order valence-corrected chi connectivity index (χ2v) is 5.28. The maximum atomic E-state index is 11.3. The first kappa shape index (κ1) is 15.5. The number of nitro groups is 1. The number of nitro benzene ring substituents is 1. The van der Waals surface area contributed by atoms with Crippen molar-refractivity contribution in [1.82, 2.24) is 0 Å². The lowest BCUT2D eigenvalue weighted by Gasteiger charge is -2.05. The minimum Gasteiger partial charge on any atom is -0.465 e. The second kappa shape index (κ2) is 6.74. The van der Waals surface area contributed by atoms with Crippen LogP contribution in [0, 0.1) is 21.4 Å². The highest BCUT2D eigenvalue weighted by Gasteiger charge is 2.12. The lowest BCUT2D eigenvalue weighted by molar-refractivity contribution is -0.384. The van der Waals surface area contributed by atoms with Crippen LogP contribution >= 0.6 is 11.8 Å². The molecule has 6 nitrogen and oxygen atoms in total. The Bertz CT molecular complexity index is 766. The molecular formula is C15H10N2O4S. The molecule has 0 aliphatic heterocycles. The van der Waals surface area contributed by atoms with E-state index in [0.717, 1.165) is 4.90 Å². The van der Waals surface area contributed by atoms with Crippen molar-refractivity contribution in [2.45, 2.75) is 9.79 Å². The summed E-state index contributed by atoms with van der Waals surface area (Å²) in [7, 11) is 1.31. The first-order valence-corrected chi connectivity index (χ1v) is 6.91. The molecular weight excluding hydrogens is 304 g/mol. The van der Waals surface area contributed by atoms with Gasteiger partial charge in [0.05, 0.1) is 23.2 Å². The number of non-ortho nitro benzene ring substituents is 1. The Morgan fingerprint density at radius 3 is 2.50 bits per heavy atom. The molecule has 0 amide bonds. The minimum absolute atomic E-state index is 0.123.